The van der Waals surface area contributed by atoms with Crippen LogP contribution in [0, 0.1) is 6.92 Å². The molecule has 0 aliphatic rings. The van der Waals surface area contributed by atoms with E-state index in [1.807, 2.05) is 68.7 Å². The number of imidazole rings is 1. The number of hydrogen-bond donors (Lipinski definition) is 2. The number of carbonyl (C=O) groups is 1. The fourth-order valence-corrected chi connectivity index (χ4v) is 4.19. The average molecular weight is 465 g/mol. The Kier molecular flexibility index (Phi) is 5.47. The van der Waals surface area contributed by atoms with Crippen molar-refractivity contribution >= 4 is 22.8 Å². The van der Waals surface area contributed by atoms with Crippen LogP contribution in [0.15, 0.2) is 67.1 Å². The van der Waals surface area contributed by atoms with Crippen LogP contribution in [0.2, 0.25) is 0 Å². The van der Waals surface area contributed by atoms with E-state index in [1.54, 1.807) is 17.1 Å². The lowest BCUT2D eigenvalue weighted by molar-refractivity contribution is 0.102. The standard InChI is InChI=1S/C28H28N6O/c1-17-21(22-13-14-29-26-24(22)32-25(33-26)19-15-30-34(5)16-19)7-6-8-23(17)31-27(35)18-9-11-20(12-10-18)28(2,3)4/h6-16H,1-5H3,(H,31,35)(H,29,32,33). The molecule has 3 heterocycles. The fraction of sp³-hybridized carbons (Fsp3) is 0.214. The van der Waals surface area contributed by atoms with Crippen molar-refractivity contribution in [2.24, 2.45) is 7.05 Å². The van der Waals surface area contributed by atoms with Gasteiger partial charge in [0.05, 0.1) is 17.3 Å². The van der Waals surface area contributed by atoms with Gasteiger partial charge in [0.25, 0.3) is 5.91 Å². The van der Waals surface area contributed by atoms with E-state index in [2.05, 4.69) is 46.1 Å². The maximum absolute atomic E-state index is 13.0. The van der Waals surface area contributed by atoms with Crippen molar-refractivity contribution in [3.8, 4) is 22.5 Å². The zero-order chi connectivity index (χ0) is 24.7. The Labute approximate surface area is 204 Å². The summed E-state index contributed by atoms with van der Waals surface area (Å²) >= 11 is 0. The first kappa shape index (κ1) is 22.5. The summed E-state index contributed by atoms with van der Waals surface area (Å²) in [5.74, 6) is 0.583. The minimum Gasteiger partial charge on any atom is -0.336 e. The number of amides is 1. The topological polar surface area (TPSA) is 88.5 Å². The molecule has 0 saturated carbocycles. The molecule has 0 unspecified atom stereocenters. The second-order valence-electron chi connectivity index (χ2n) is 9.80. The van der Waals surface area contributed by atoms with Crippen LogP contribution < -0.4 is 5.32 Å². The van der Waals surface area contributed by atoms with E-state index in [1.165, 1.54) is 5.56 Å². The van der Waals surface area contributed by atoms with E-state index >= 15 is 0 Å². The number of nitrogens with one attached hydrogen (secondary N) is 2. The first-order valence-corrected chi connectivity index (χ1v) is 11.6. The zero-order valence-electron chi connectivity index (χ0n) is 20.5. The number of anilines is 1. The Hall–Kier alpha value is -4.26. The molecule has 35 heavy (non-hydrogen) atoms. The van der Waals surface area contributed by atoms with Crippen LogP contribution in [0.3, 0.4) is 0 Å². The predicted octanol–water partition coefficient (Wildman–Crippen LogP) is 5.88. The zero-order valence-corrected chi connectivity index (χ0v) is 20.5. The number of carbonyl (C=O) groups excluding carboxylic acids is 1. The maximum atomic E-state index is 13.0. The lowest BCUT2D eigenvalue weighted by atomic mass is 9.86. The smallest absolute Gasteiger partial charge is 0.255 e. The van der Waals surface area contributed by atoms with Crippen molar-refractivity contribution in [1.29, 1.82) is 0 Å². The molecule has 2 N–H and O–H groups in total. The lowest BCUT2D eigenvalue weighted by Crippen LogP contribution is -2.15. The summed E-state index contributed by atoms with van der Waals surface area (Å²) in [6, 6.07) is 15.7. The SMILES string of the molecule is Cc1c(NC(=O)c2ccc(C(C)(C)C)cc2)cccc1-c1ccnc2nc(-c3cnn(C)c3)[nH]c12. The molecule has 1 amide bonds. The van der Waals surface area contributed by atoms with Crippen molar-refractivity contribution in [3.05, 3.63) is 83.8 Å². The summed E-state index contributed by atoms with van der Waals surface area (Å²) in [6.45, 7) is 8.49. The molecule has 5 rings (SSSR count). The molecule has 3 aromatic heterocycles. The minimum atomic E-state index is -0.133. The van der Waals surface area contributed by atoms with Gasteiger partial charge in [-0.2, -0.15) is 5.10 Å². The number of aromatic nitrogens is 5. The number of aromatic amines is 1. The minimum absolute atomic E-state index is 0.0410. The molecule has 0 atom stereocenters. The Morgan fingerprint density at radius 1 is 1.03 bits per heavy atom. The second kappa shape index (κ2) is 8.51. The molecule has 0 aliphatic heterocycles. The number of nitrogens with zero attached hydrogens (tertiary/aromatic N) is 4. The van der Waals surface area contributed by atoms with Gasteiger partial charge in [-0.3, -0.25) is 9.48 Å². The molecule has 0 saturated heterocycles. The van der Waals surface area contributed by atoms with E-state index < -0.39 is 0 Å². The third kappa shape index (κ3) is 4.33. The summed E-state index contributed by atoms with van der Waals surface area (Å²) in [5.41, 5.74) is 7.95. The van der Waals surface area contributed by atoms with Crippen LogP contribution in [0.4, 0.5) is 5.69 Å². The molecule has 0 aliphatic carbocycles. The van der Waals surface area contributed by atoms with Crippen LogP contribution in [-0.4, -0.2) is 30.6 Å². The van der Waals surface area contributed by atoms with Crippen molar-refractivity contribution in [1.82, 2.24) is 24.7 Å². The highest BCUT2D eigenvalue weighted by Gasteiger charge is 2.17. The molecular formula is C28H28N6O. The molecule has 176 valence electrons. The Bertz CT molecular complexity index is 1540. The Morgan fingerprint density at radius 2 is 1.80 bits per heavy atom. The van der Waals surface area contributed by atoms with Gasteiger partial charge in [0.15, 0.2) is 5.65 Å². The van der Waals surface area contributed by atoms with Gasteiger partial charge in [-0.15, -0.1) is 0 Å². The van der Waals surface area contributed by atoms with Crippen molar-refractivity contribution < 1.29 is 4.79 Å². The average Bonchev–Trinajstić information content (AvgIpc) is 3.46. The number of pyridine rings is 1. The monoisotopic (exact) mass is 464 g/mol. The largest absolute Gasteiger partial charge is 0.336 e. The van der Waals surface area contributed by atoms with Gasteiger partial charge in [-0.05, 0) is 53.3 Å². The molecule has 0 spiro atoms. The fourth-order valence-electron chi connectivity index (χ4n) is 4.19. The van der Waals surface area contributed by atoms with Crippen LogP contribution in [0.25, 0.3) is 33.7 Å². The van der Waals surface area contributed by atoms with Crippen LogP contribution in [-0.2, 0) is 12.5 Å². The van der Waals surface area contributed by atoms with Gasteiger partial charge in [0.1, 0.15) is 5.82 Å². The lowest BCUT2D eigenvalue weighted by Gasteiger charge is -2.19. The first-order valence-electron chi connectivity index (χ1n) is 11.6. The van der Waals surface area contributed by atoms with E-state index in [4.69, 9.17) is 0 Å². The number of fused-ring (bicyclic) bond motifs is 1. The number of benzene rings is 2. The number of aryl methyl sites for hydroxylation is 1. The first-order chi connectivity index (χ1) is 16.7. The van der Waals surface area contributed by atoms with Gasteiger partial charge in [0, 0.05) is 36.3 Å². The number of rotatable bonds is 4. The predicted molar refractivity (Wildman–Crippen MR) is 139 cm³/mol. The van der Waals surface area contributed by atoms with Crippen LogP contribution in [0.5, 0.6) is 0 Å². The normalized spacial score (nSPS) is 11.7. The highest BCUT2D eigenvalue weighted by atomic mass is 16.1. The van der Waals surface area contributed by atoms with Gasteiger partial charge >= 0.3 is 0 Å². The molecule has 0 bridgehead atoms. The van der Waals surface area contributed by atoms with E-state index in [9.17, 15) is 4.79 Å². The molecule has 5 aromatic rings. The molecule has 7 nitrogen and oxygen atoms in total. The third-order valence-corrected chi connectivity index (χ3v) is 6.26. The van der Waals surface area contributed by atoms with Gasteiger partial charge in [-0.25, -0.2) is 9.97 Å². The van der Waals surface area contributed by atoms with E-state index in [0.29, 0.717) is 17.0 Å². The van der Waals surface area contributed by atoms with Crippen LogP contribution >= 0.6 is 0 Å². The summed E-state index contributed by atoms with van der Waals surface area (Å²) < 4.78 is 1.74. The number of hydrogen-bond acceptors (Lipinski definition) is 4. The van der Waals surface area contributed by atoms with Gasteiger partial charge < -0.3 is 10.3 Å². The molecule has 2 aromatic carbocycles. The van der Waals surface area contributed by atoms with Crippen molar-refractivity contribution in [3.63, 3.8) is 0 Å². The van der Waals surface area contributed by atoms with E-state index in [-0.39, 0.29) is 11.3 Å². The molecular weight excluding hydrogens is 436 g/mol. The van der Waals surface area contributed by atoms with Crippen LogP contribution in [0.1, 0.15) is 42.3 Å². The van der Waals surface area contributed by atoms with Gasteiger partial charge in [0.2, 0.25) is 0 Å². The van der Waals surface area contributed by atoms with Crippen molar-refractivity contribution in [2.75, 3.05) is 5.32 Å². The number of H-pyrrole nitrogens is 1. The maximum Gasteiger partial charge on any atom is 0.255 e. The molecule has 0 fully saturated rings. The van der Waals surface area contributed by atoms with E-state index in [0.717, 1.165) is 33.5 Å². The highest BCUT2D eigenvalue weighted by molar-refractivity contribution is 6.05. The highest BCUT2D eigenvalue weighted by Crippen LogP contribution is 2.33. The summed E-state index contributed by atoms with van der Waals surface area (Å²) in [7, 11) is 1.87. The summed E-state index contributed by atoms with van der Waals surface area (Å²) in [4.78, 5) is 25.5. The quantitative estimate of drug-likeness (QED) is 0.347. The summed E-state index contributed by atoms with van der Waals surface area (Å²) in [6.07, 6.45) is 5.44. The Balaban J connectivity index is 1.47. The second-order valence-corrected chi connectivity index (χ2v) is 9.80. The molecule has 7 heteroatoms. The van der Waals surface area contributed by atoms with Gasteiger partial charge in [-0.1, -0.05) is 45.0 Å². The Morgan fingerprint density at radius 3 is 2.49 bits per heavy atom. The van der Waals surface area contributed by atoms with Crippen molar-refractivity contribution in [2.45, 2.75) is 33.1 Å². The molecule has 0 radical (unpaired) electrons. The third-order valence-electron chi connectivity index (χ3n) is 6.26. The summed E-state index contributed by atoms with van der Waals surface area (Å²) in [5, 5.41) is 7.32.